The molecule has 1 nitrogen and oxygen atoms in total. The average molecular weight is 197 g/mol. The van der Waals surface area contributed by atoms with Gasteiger partial charge in [-0.1, -0.05) is 31.9 Å². The smallest absolute Gasteiger partial charge is 0.116 e. The van der Waals surface area contributed by atoms with Crippen molar-refractivity contribution in [3.8, 4) is 0 Å². The highest BCUT2D eigenvalue weighted by molar-refractivity contribution is 4.98. The van der Waals surface area contributed by atoms with E-state index >= 15 is 0 Å². The molecule has 14 heavy (non-hydrogen) atoms. The molecular formula is C12H20FN. The number of hydrogen-bond donors (Lipinski definition) is 0. The first-order valence-electron chi connectivity index (χ1n) is 5.82. The quantitative estimate of drug-likeness (QED) is 0.584. The van der Waals surface area contributed by atoms with Crippen LogP contribution in [0.5, 0.6) is 0 Å². The summed E-state index contributed by atoms with van der Waals surface area (Å²) in [4.78, 5) is 2.33. The van der Waals surface area contributed by atoms with Crippen LogP contribution in [0, 0.1) is 5.92 Å². The summed E-state index contributed by atoms with van der Waals surface area (Å²) >= 11 is 0. The molecule has 0 spiro atoms. The van der Waals surface area contributed by atoms with Crippen LogP contribution >= 0.6 is 0 Å². The van der Waals surface area contributed by atoms with Crippen LogP contribution in [0.15, 0.2) is 12.2 Å². The van der Waals surface area contributed by atoms with Crippen LogP contribution in [-0.4, -0.2) is 30.2 Å². The van der Waals surface area contributed by atoms with Crippen molar-refractivity contribution in [1.29, 1.82) is 0 Å². The lowest BCUT2D eigenvalue weighted by molar-refractivity contribution is 0.0746. The van der Waals surface area contributed by atoms with Gasteiger partial charge in [-0.05, 0) is 18.8 Å². The Bertz CT molecular complexity index is 214. The molecule has 0 N–H and O–H groups in total. The number of halogens is 1. The molecule has 0 bridgehead atoms. The minimum absolute atomic E-state index is 0.205. The molecule has 1 aliphatic carbocycles. The monoisotopic (exact) mass is 197 g/mol. The molecule has 1 fully saturated rings. The highest BCUT2D eigenvalue weighted by Crippen LogP contribution is 2.27. The van der Waals surface area contributed by atoms with Gasteiger partial charge in [0.15, 0.2) is 0 Å². The van der Waals surface area contributed by atoms with E-state index in [-0.39, 0.29) is 6.04 Å². The van der Waals surface area contributed by atoms with Crippen molar-refractivity contribution in [2.24, 2.45) is 5.92 Å². The van der Waals surface area contributed by atoms with E-state index in [2.05, 4.69) is 24.0 Å². The molecule has 0 aromatic carbocycles. The Labute approximate surface area is 86.0 Å². The van der Waals surface area contributed by atoms with E-state index in [1.165, 1.54) is 6.42 Å². The molecule has 3 unspecified atom stereocenters. The van der Waals surface area contributed by atoms with Crippen LogP contribution < -0.4 is 0 Å². The van der Waals surface area contributed by atoms with Gasteiger partial charge in [-0.2, -0.15) is 0 Å². The molecule has 3 atom stereocenters. The molecule has 80 valence electrons. The first kappa shape index (κ1) is 10.2. The minimum Gasteiger partial charge on any atom is -0.293 e. The third kappa shape index (κ3) is 2.17. The predicted molar refractivity (Wildman–Crippen MR) is 57.0 cm³/mol. The van der Waals surface area contributed by atoms with E-state index < -0.39 is 6.17 Å². The number of nitrogens with zero attached hydrogens (tertiary/aromatic N) is 1. The van der Waals surface area contributed by atoms with E-state index in [9.17, 15) is 4.39 Å². The van der Waals surface area contributed by atoms with Gasteiger partial charge in [-0.15, -0.1) is 0 Å². The van der Waals surface area contributed by atoms with Crippen LogP contribution in [0.1, 0.15) is 32.6 Å². The van der Waals surface area contributed by atoms with Gasteiger partial charge in [0.05, 0.1) is 0 Å². The van der Waals surface area contributed by atoms with Gasteiger partial charge in [0, 0.05) is 19.1 Å². The van der Waals surface area contributed by atoms with Crippen LogP contribution in [-0.2, 0) is 0 Å². The third-order valence-electron chi connectivity index (χ3n) is 3.44. The van der Waals surface area contributed by atoms with Crippen LogP contribution in [0.4, 0.5) is 4.39 Å². The maximum Gasteiger partial charge on any atom is 0.116 e. The highest BCUT2D eigenvalue weighted by Gasteiger charge is 2.30. The SMILES string of the molecule is CC1C=CCN(C2CCCCC2F)C1. The van der Waals surface area contributed by atoms with Crippen LogP contribution in [0.25, 0.3) is 0 Å². The lowest BCUT2D eigenvalue weighted by Crippen LogP contribution is -2.46. The summed E-state index contributed by atoms with van der Waals surface area (Å²) in [6, 6.07) is 0.205. The largest absolute Gasteiger partial charge is 0.293 e. The Morgan fingerprint density at radius 2 is 2.07 bits per heavy atom. The normalized spacial score (nSPS) is 40.0. The summed E-state index contributed by atoms with van der Waals surface area (Å²) < 4.78 is 13.7. The first-order chi connectivity index (χ1) is 6.77. The Morgan fingerprint density at radius 1 is 1.29 bits per heavy atom. The molecule has 0 aromatic rings. The Hall–Kier alpha value is -0.370. The predicted octanol–water partition coefficient (Wildman–Crippen LogP) is 2.78. The Balaban J connectivity index is 1.96. The fourth-order valence-corrected chi connectivity index (χ4v) is 2.68. The molecule has 0 amide bonds. The Kier molecular flexibility index (Phi) is 3.22. The van der Waals surface area contributed by atoms with Crippen molar-refractivity contribution >= 4 is 0 Å². The first-order valence-corrected chi connectivity index (χ1v) is 5.82. The zero-order valence-corrected chi connectivity index (χ0v) is 8.95. The van der Waals surface area contributed by atoms with Crippen LogP contribution in [0.3, 0.4) is 0 Å². The average Bonchev–Trinajstić information content (AvgIpc) is 2.18. The van der Waals surface area contributed by atoms with Crippen molar-refractivity contribution in [2.45, 2.75) is 44.8 Å². The van der Waals surface area contributed by atoms with Gasteiger partial charge in [-0.25, -0.2) is 4.39 Å². The molecule has 2 rings (SSSR count). The zero-order chi connectivity index (χ0) is 9.97. The van der Waals surface area contributed by atoms with E-state index in [0.717, 1.165) is 32.4 Å². The molecule has 0 aromatic heterocycles. The second kappa shape index (κ2) is 4.43. The summed E-state index contributed by atoms with van der Waals surface area (Å²) in [7, 11) is 0. The number of alkyl halides is 1. The summed E-state index contributed by atoms with van der Waals surface area (Å²) in [5.41, 5.74) is 0. The van der Waals surface area contributed by atoms with Gasteiger partial charge < -0.3 is 0 Å². The molecule has 0 radical (unpaired) electrons. The number of hydrogen-bond acceptors (Lipinski definition) is 1. The molecule has 2 aliphatic rings. The fourth-order valence-electron chi connectivity index (χ4n) is 2.68. The van der Waals surface area contributed by atoms with Crippen molar-refractivity contribution in [3.05, 3.63) is 12.2 Å². The third-order valence-corrected chi connectivity index (χ3v) is 3.44. The van der Waals surface area contributed by atoms with E-state index in [4.69, 9.17) is 0 Å². The molecule has 1 saturated carbocycles. The number of rotatable bonds is 1. The van der Waals surface area contributed by atoms with Crippen LogP contribution in [0.2, 0.25) is 0 Å². The molecule has 1 heterocycles. The minimum atomic E-state index is -0.581. The molecule has 2 heteroatoms. The van der Waals surface area contributed by atoms with E-state index in [1.54, 1.807) is 0 Å². The molecule has 1 aliphatic heterocycles. The van der Waals surface area contributed by atoms with Crippen molar-refractivity contribution in [1.82, 2.24) is 4.90 Å². The summed E-state index contributed by atoms with van der Waals surface area (Å²) in [5.74, 6) is 0.595. The summed E-state index contributed by atoms with van der Waals surface area (Å²) in [6.45, 7) is 4.20. The standard InChI is InChI=1S/C12H20FN/c1-10-5-4-8-14(9-10)12-7-3-2-6-11(12)13/h4-5,10-12H,2-3,6-9H2,1H3. The Morgan fingerprint density at radius 3 is 2.79 bits per heavy atom. The molecule has 0 saturated heterocycles. The summed E-state index contributed by atoms with van der Waals surface area (Å²) in [5, 5.41) is 0. The summed E-state index contributed by atoms with van der Waals surface area (Å²) in [6.07, 6.45) is 7.97. The van der Waals surface area contributed by atoms with Gasteiger partial charge in [0.2, 0.25) is 0 Å². The zero-order valence-electron chi connectivity index (χ0n) is 8.95. The second-order valence-electron chi connectivity index (χ2n) is 4.73. The maximum atomic E-state index is 13.7. The van der Waals surface area contributed by atoms with Gasteiger partial charge in [0.25, 0.3) is 0 Å². The van der Waals surface area contributed by atoms with Gasteiger partial charge >= 0.3 is 0 Å². The lowest BCUT2D eigenvalue weighted by Gasteiger charge is -2.38. The fraction of sp³-hybridized carbons (Fsp3) is 0.833. The highest BCUT2D eigenvalue weighted by atomic mass is 19.1. The van der Waals surface area contributed by atoms with Crippen molar-refractivity contribution in [2.75, 3.05) is 13.1 Å². The maximum absolute atomic E-state index is 13.7. The van der Waals surface area contributed by atoms with Crippen molar-refractivity contribution < 1.29 is 4.39 Å². The second-order valence-corrected chi connectivity index (χ2v) is 4.73. The van der Waals surface area contributed by atoms with E-state index in [1.807, 2.05) is 0 Å². The van der Waals surface area contributed by atoms with E-state index in [0.29, 0.717) is 5.92 Å². The van der Waals surface area contributed by atoms with Gasteiger partial charge in [0.1, 0.15) is 6.17 Å². The van der Waals surface area contributed by atoms with Crippen molar-refractivity contribution in [3.63, 3.8) is 0 Å². The lowest BCUT2D eigenvalue weighted by atomic mass is 9.91. The topological polar surface area (TPSA) is 3.24 Å². The van der Waals surface area contributed by atoms with Gasteiger partial charge in [-0.3, -0.25) is 4.90 Å². The molecular weight excluding hydrogens is 177 g/mol.